The molecule has 6 nitrogen and oxygen atoms in total. The summed E-state index contributed by atoms with van der Waals surface area (Å²) in [5.41, 5.74) is 0.603. The maximum absolute atomic E-state index is 13.3. The number of hydrogen-bond acceptors (Lipinski definition) is 3. The number of fused-ring (bicyclic) bond motifs is 1. The van der Waals surface area contributed by atoms with Crippen LogP contribution >= 0.6 is 11.6 Å². The van der Waals surface area contributed by atoms with Crippen LogP contribution in [0.25, 0.3) is 11.0 Å². The summed E-state index contributed by atoms with van der Waals surface area (Å²) in [6.07, 6.45) is 2.90. The predicted molar refractivity (Wildman–Crippen MR) is 90.1 cm³/mol. The Morgan fingerprint density at radius 1 is 1.33 bits per heavy atom. The molecule has 0 aliphatic carbocycles. The van der Waals surface area contributed by atoms with Gasteiger partial charge in [0.25, 0.3) is 5.91 Å². The molecule has 0 fully saturated rings. The summed E-state index contributed by atoms with van der Waals surface area (Å²) in [6, 6.07) is 3.93. The van der Waals surface area contributed by atoms with Crippen LogP contribution < -0.4 is 10.3 Å². The second-order valence-electron chi connectivity index (χ2n) is 5.45. The van der Waals surface area contributed by atoms with Gasteiger partial charge in [0.05, 0.1) is 16.6 Å². The van der Waals surface area contributed by atoms with Crippen LogP contribution in [-0.4, -0.2) is 27.3 Å². The maximum atomic E-state index is 13.3. The van der Waals surface area contributed by atoms with Crippen LogP contribution in [0.4, 0.5) is 10.1 Å². The smallest absolute Gasteiger partial charge is 0.263 e. The molecule has 0 atom stereocenters. The Bertz CT molecular complexity index is 1020. The second kappa shape index (κ2) is 5.76. The minimum Gasteiger partial charge on any atom is -0.335 e. The molecule has 3 rings (SSSR count). The molecular formula is C16H14ClFN4O2. The Hall–Kier alpha value is -2.67. The van der Waals surface area contributed by atoms with Gasteiger partial charge in [-0.05, 0) is 18.2 Å². The van der Waals surface area contributed by atoms with Gasteiger partial charge in [-0.25, -0.2) is 4.39 Å². The number of rotatable bonds is 2. The van der Waals surface area contributed by atoms with Crippen LogP contribution in [0.2, 0.25) is 5.02 Å². The van der Waals surface area contributed by atoms with Gasteiger partial charge >= 0.3 is 0 Å². The lowest BCUT2D eigenvalue weighted by molar-refractivity contribution is 0.0991. The van der Waals surface area contributed by atoms with E-state index in [-0.39, 0.29) is 10.6 Å². The topological polar surface area (TPSA) is 60.1 Å². The molecule has 0 radical (unpaired) electrons. The first-order valence-electron chi connectivity index (χ1n) is 7.05. The first-order valence-corrected chi connectivity index (χ1v) is 7.43. The normalized spacial score (nSPS) is 11.0. The number of nitrogens with zero attached hydrogens (tertiary/aromatic N) is 4. The van der Waals surface area contributed by atoms with Gasteiger partial charge in [0, 0.05) is 33.0 Å². The predicted octanol–water partition coefficient (Wildman–Crippen LogP) is 2.34. The molecule has 0 spiro atoms. The minimum atomic E-state index is -0.575. The van der Waals surface area contributed by atoms with Gasteiger partial charge in [0.2, 0.25) is 5.43 Å². The van der Waals surface area contributed by atoms with Crippen molar-refractivity contribution in [2.75, 3.05) is 11.9 Å². The number of carbonyl (C=O) groups is 1. The number of halogens is 2. The standard InChI is InChI=1S/C16H14ClFN4O2/c1-20-8-11(14(23)10-7-19-22(3)15(10)20)16(24)21(2)9-4-5-13(18)12(17)6-9/h4-8H,1-3H3. The van der Waals surface area contributed by atoms with Crippen LogP contribution in [-0.2, 0) is 14.1 Å². The number of pyridine rings is 1. The number of aromatic nitrogens is 3. The molecule has 1 aromatic carbocycles. The lowest BCUT2D eigenvalue weighted by Crippen LogP contribution is -2.31. The average Bonchev–Trinajstić information content (AvgIpc) is 2.95. The summed E-state index contributed by atoms with van der Waals surface area (Å²) in [6.45, 7) is 0. The highest BCUT2D eigenvalue weighted by molar-refractivity contribution is 6.31. The minimum absolute atomic E-state index is 0.000877. The van der Waals surface area contributed by atoms with E-state index in [0.29, 0.717) is 16.7 Å². The van der Waals surface area contributed by atoms with E-state index in [4.69, 9.17) is 11.6 Å². The Morgan fingerprint density at radius 3 is 2.71 bits per heavy atom. The summed E-state index contributed by atoms with van der Waals surface area (Å²) in [5, 5.41) is 4.32. The lowest BCUT2D eigenvalue weighted by atomic mass is 10.2. The number of anilines is 1. The van der Waals surface area contributed by atoms with E-state index in [2.05, 4.69) is 5.10 Å². The number of carbonyl (C=O) groups excluding carboxylic acids is 1. The van der Waals surface area contributed by atoms with E-state index in [1.807, 2.05) is 0 Å². The van der Waals surface area contributed by atoms with Crippen LogP contribution in [0, 0.1) is 5.82 Å². The highest BCUT2D eigenvalue weighted by Crippen LogP contribution is 2.23. The zero-order chi connectivity index (χ0) is 17.6. The molecule has 8 heteroatoms. The first-order chi connectivity index (χ1) is 11.3. The largest absolute Gasteiger partial charge is 0.335 e. The van der Waals surface area contributed by atoms with Gasteiger partial charge < -0.3 is 9.47 Å². The van der Waals surface area contributed by atoms with Gasteiger partial charge in [-0.3, -0.25) is 14.3 Å². The third kappa shape index (κ3) is 2.46. The number of benzene rings is 1. The highest BCUT2D eigenvalue weighted by Gasteiger charge is 2.21. The Balaban J connectivity index is 2.09. The summed E-state index contributed by atoms with van der Waals surface area (Å²) in [4.78, 5) is 26.6. The van der Waals surface area contributed by atoms with E-state index in [0.717, 1.165) is 0 Å². The van der Waals surface area contributed by atoms with E-state index in [9.17, 15) is 14.0 Å². The molecule has 0 aliphatic heterocycles. The molecule has 3 aromatic rings. The maximum Gasteiger partial charge on any atom is 0.263 e. The molecule has 0 saturated carbocycles. The molecule has 2 heterocycles. The van der Waals surface area contributed by atoms with Gasteiger partial charge in [-0.2, -0.15) is 5.10 Å². The summed E-state index contributed by atoms with van der Waals surface area (Å²) >= 11 is 5.76. The molecule has 0 saturated heterocycles. The Kier molecular flexibility index (Phi) is 3.88. The number of hydrogen-bond donors (Lipinski definition) is 0. The number of amides is 1. The van der Waals surface area contributed by atoms with Gasteiger partial charge in [-0.15, -0.1) is 0 Å². The first kappa shape index (κ1) is 16.2. The van der Waals surface area contributed by atoms with Crippen molar-refractivity contribution in [2.24, 2.45) is 14.1 Å². The van der Waals surface area contributed by atoms with Gasteiger partial charge in [0.1, 0.15) is 17.0 Å². The van der Waals surface area contributed by atoms with E-state index >= 15 is 0 Å². The molecular weight excluding hydrogens is 335 g/mol. The third-order valence-electron chi connectivity index (χ3n) is 3.88. The van der Waals surface area contributed by atoms with Crippen LogP contribution in [0.15, 0.2) is 35.4 Å². The summed E-state index contributed by atoms with van der Waals surface area (Å²) < 4.78 is 16.5. The lowest BCUT2D eigenvalue weighted by Gasteiger charge is -2.18. The molecule has 24 heavy (non-hydrogen) atoms. The quantitative estimate of drug-likeness (QED) is 0.714. The second-order valence-corrected chi connectivity index (χ2v) is 5.86. The van der Waals surface area contributed by atoms with Crippen LogP contribution in [0.3, 0.4) is 0 Å². The molecule has 0 bridgehead atoms. The van der Waals surface area contributed by atoms with Crippen molar-refractivity contribution in [3.05, 3.63) is 57.2 Å². The van der Waals surface area contributed by atoms with Crippen molar-refractivity contribution in [3.8, 4) is 0 Å². The zero-order valence-electron chi connectivity index (χ0n) is 13.2. The molecule has 0 unspecified atom stereocenters. The molecule has 0 N–H and O–H groups in total. The fourth-order valence-electron chi connectivity index (χ4n) is 2.61. The highest BCUT2D eigenvalue weighted by atomic mass is 35.5. The summed E-state index contributed by atoms with van der Waals surface area (Å²) in [5.74, 6) is -1.09. The van der Waals surface area contributed by atoms with Crippen LogP contribution in [0.1, 0.15) is 10.4 Å². The molecule has 0 aliphatic rings. The molecule has 124 valence electrons. The van der Waals surface area contributed by atoms with E-state index in [1.165, 1.54) is 42.5 Å². The summed E-state index contributed by atoms with van der Waals surface area (Å²) in [7, 11) is 4.95. The van der Waals surface area contributed by atoms with Gasteiger partial charge in [-0.1, -0.05) is 11.6 Å². The Labute approximate surface area is 141 Å². The number of aryl methyl sites for hydroxylation is 2. The Morgan fingerprint density at radius 2 is 2.04 bits per heavy atom. The molecule has 2 aromatic heterocycles. The fourth-order valence-corrected chi connectivity index (χ4v) is 2.79. The van der Waals surface area contributed by atoms with E-state index < -0.39 is 17.2 Å². The van der Waals surface area contributed by atoms with Crippen molar-refractivity contribution in [1.82, 2.24) is 14.3 Å². The van der Waals surface area contributed by atoms with Crippen molar-refractivity contribution in [2.45, 2.75) is 0 Å². The SMILES string of the molecule is CN(C(=O)c1cn(C)c2c(cnn2C)c1=O)c1ccc(F)c(Cl)c1. The van der Waals surface area contributed by atoms with Crippen LogP contribution in [0.5, 0.6) is 0 Å². The fraction of sp³-hybridized carbons (Fsp3) is 0.188. The monoisotopic (exact) mass is 348 g/mol. The average molecular weight is 349 g/mol. The van der Waals surface area contributed by atoms with Crippen molar-refractivity contribution < 1.29 is 9.18 Å². The van der Waals surface area contributed by atoms with Crippen molar-refractivity contribution >= 4 is 34.2 Å². The van der Waals surface area contributed by atoms with Crippen molar-refractivity contribution in [1.29, 1.82) is 0 Å². The zero-order valence-corrected chi connectivity index (χ0v) is 14.0. The third-order valence-corrected chi connectivity index (χ3v) is 4.17. The van der Waals surface area contributed by atoms with E-state index in [1.54, 1.807) is 23.3 Å². The molecule has 1 amide bonds. The van der Waals surface area contributed by atoms with Crippen molar-refractivity contribution in [3.63, 3.8) is 0 Å². The van der Waals surface area contributed by atoms with Gasteiger partial charge in [0.15, 0.2) is 0 Å².